The second-order valence-electron chi connectivity index (χ2n) is 4.12. The summed E-state index contributed by atoms with van der Waals surface area (Å²) in [6.45, 7) is -0.105. The molecule has 1 aromatic heterocycles. The summed E-state index contributed by atoms with van der Waals surface area (Å²) >= 11 is 5.70. The van der Waals surface area contributed by atoms with Crippen LogP contribution in [0.1, 0.15) is 16.1 Å². The van der Waals surface area contributed by atoms with Crippen LogP contribution >= 0.6 is 11.6 Å². The van der Waals surface area contributed by atoms with Crippen molar-refractivity contribution in [1.29, 1.82) is 0 Å². The first-order chi connectivity index (χ1) is 9.88. The number of nitrogens with one attached hydrogen (secondary N) is 1. The fourth-order valence-electron chi connectivity index (χ4n) is 1.57. The van der Waals surface area contributed by atoms with E-state index in [2.05, 4.69) is 9.71 Å². The molecule has 21 heavy (non-hydrogen) atoms. The van der Waals surface area contributed by atoms with Gasteiger partial charge in [-0.3, -0.25) is 4.98 Å². The van der Waals surface area contributed by atoms with Crippen molar-refractivity contribution < 1.29 is 18.3 Å². The van der Waals surface area contributed by atoms with E-state index in [0.29, 0.717) is 10.7 Å². The zero-order valence-electron chi connectivity index (χ0n) is 10.7. The maximum Gasteiger partial charge on any atom is 0.335 e. The Hall–Kier alpha value is -1.96. The van der Waals surface area contributed by atoms with Gasteiger partial charge in [-0.1, -0.05) is 11.6 Å². The molecule has 0 saturated heterocycles. The van der Waals surface area contributed by atoms with E-state index in [1.54, 1.807) is 0 Å². The molecule has 1 heterocycles. The summed E-state index contributed by atoms with van der Waals surface area (Å²) in [7, 11) is -3.70. The first-order valence-electron chi connectivity index (χ1n) is 5.82. The quantitative estimate of drug-likeness (QED) is 0.875. The summed E-state index contributed by atoms with van der Waals surface area (Å²) in [6, 6.07) is 8.35. The maximum atomic E-state index is 12.0. The molecule has 0 radical (unpaired) electrons. The van der Waals surface area contributed by atoms with E-state index < -0.39 is 16.0 Å². The van der Waals surface area contributed by atoms with E-state index in [4.69, 9.17) is 16.7 Å². The van der Waals surface area contributed by atoms with Crippen molar-refractivity contribution >= 4 is 27.6 Å². The van der Waals surface area contributed by atoms with E-state index in [-0.39, 0.29) is 17.0 Å². The third-order valence-corrected chi connectivity index (χ3v) is 4.30. The van der Waals surface area contributed by atoms with Crippen LogP contribution in [0.15, 0.2) is 47.5 Å². The number of pyridine rings is 1. The zero-order chi connectivity index (χ0) is 15.5. The monoisotopic (exact) mass is 326 g/mol. The molecular formula is C13H11ClN2O4S. The number of carboxylic acids is 1. The highest BCUT2D eigenvalue weighted by Crippen LogP contribution is 2.14. The second kappa shape index (κ2) is 6.21. The van der Waals surface area contributed by atoms with Gasteiger partial charge in [0.2, 0.25) is 10.0 Å². The van der Waals surface area contributed by atoms with E-state index in [1.165, 1.54) is 42.6 Å². The first-order valence-corrected chi connectivity index (χ1v) is 7.68. The fraction of sp³-hybridized carbons (Fsp3) is 0.0769. The van der Waals surface area contributed by atoms with Crippen molar-refractivity contribution in [2.45, 2.75) is 11.4 Å². The number of halogens is 1. The second-order valence-corrected chi connectivity index (χ2v) is 6.32. The minimum Gasteiger partial charge on any atom is -0.478 e. The van der Waals surface area contributed by atoms with Crippen LogP contribution in [0.2, 0.25) is 5.02 Å². The lowest BCUT2D eigenvalue weighted by Gasteiger charge is -2.07. The standard InChI is InChI=1S/C13H11ClN2O4S/c14-10-1-3-12(4-2-10)21(19,20)16-8-11-7-9(13(17)18)5-6-15-11/h1-7,16H,8H2,(H,17,18). The van der Waals surface area contributed by atoms with Crippen LogP contribution in [0.5, 0.6) is 0 Å². The minimum atomic E-state index is -3.70. The van der Waals surface area contributed by atoms with Gasteiger partial charge in [-0.2, -0.15) is 0 Å². The molecule has 110 valence electrons. The molecule has 0 fully saturated rings. The van der Waals surface area contributed by atoms with E-state index >= 15 is 0 Å². The summed E-state index contributed by atoms with van der Waals surface area (Å²) in [5, 5.41) is 9.30. The van der Waals surface area contributed by atoms with Crippen LogP contribution in [0, 0.1) is 0 Å². The van der Waals surface area contributed by atoms with Crippen molar-refractivity contribution in [2.75, 3.05) is 0 Å². The van der Waals surface area contributed by atoms with Crippen LogP contribution in [0.25, 0.3) is 0 Å². The van der Waals surface area contributed by atoms with Crippen molar-refractivity contribution in [3.8, 4) is 0 Å². The number of hydrogen-bond donors (Lipinski definition) is 2. The zero-order valence-corrected chi connectivity index (χ0v) is 12.2. The van der Waals surface area contributed by atoms with Gasteiger partial charge in [0, 0.05) is 11.2 Å². The highest BCUT2D eigenvalue weighted by molar-refractivity contribution is 7.89. The third kappa shape index (κ3) is 4.01. The molecule has 2 aromatic rings. The number of aromatic nitrogens is 1. The van der Waals surface area contributed by atoms with Crippen LogP contribution in [0.4, 0.5) is 0 Å². The number of aromatic carboxylic acids is 1. The maximum absolute atomic E-state index is 12.0. The Balaban J connectivity index is 2.13. The average molecular weight is 327 g/mol. The lowest BCUT2D eigenvalue weighted by Crippen LogP contribution is -2.23. The number of carbonyl (C=O) groups is 1. The molecular weight excluding hydrogens is 316 g/mol. The molecule has 0 unspecified atom stereocenters. The molecule has 0 aliphatic heterocycles. The SMILES string of the molecule is O=C(O)c1ccnc(CNS(=O)(=O)c2ccc(Cl)cc2)c1. The number of sulfonamides is 1. The number of carboxylic acid groups (broad SMARTS) is 1. The van der Waals surface area contributed by atoms with Crippen molar-refractivity contribution in [3.63, 3.8) is 0 Å². The Morgan fingerprint density at radius 2 is 1.90 bits per heavy atom. The van der Waals surface area contributed by atoms with Crippen LogP contribution in [-0.2, 0) is 16.6 Å². The predicted octanol–water partition coefficient (Wildman–Crippen LogP) is 1.91. The van der Waals surface area contributed by atoms with E-state index in [0.717, 1.165) is 0 Å². The highest BCUT2D eigenvalue weighted by atomic mass is 35.5. The molecule has 2 rings (SSSR count). The normalized spacial score (nSPS) is 11.3. The molecule has 6 nitrogen and oxygen atoms in total. The number of benzene rings is 1. The van der Waals surface area contributed by atoms with Crippen molar-refractivity contribution in [2.24, 2.45) is 0 Å². The van der Waals surface area contributed by atoms with Gasteiger partial charge < -0.3 is 5.11 Å². The molecule has 0 spiro atoms. The van der Waals surface area contributed by atoms with Gasteiger partial charge in [0.1, 0.15) is 0 Å². The third-order valence-electron chi connectivity index (χ3n) is 2.63. The number of rotatable bonds is 5. The van der Waals surface area contributed by atoms with Gasteiger partial charge in [0.15, 0.2) is 0 Å². The molecule has 8 heteroatoms. The van der Waals surface area contributed by atoms with Crippen LogP contribution < -0.4 is 4.72 Å². The van der Waals surface area contributed by atoms with E-state index in [1.807, 2.05) is 0 Å². The molecule has 0 bridgehead atoms. The minimum absolute atomic E-state index is 0.0469. The summed E-state index contributed by atoms with van der Waals surface area (Å²) in [6.07, 6.45) is 1.31. The average Bonchev–Trinajstić information content (AvgIpc) is 2.46. The van der Waals surface area contributed by atoms with Crippen molar-refractivity contribution in [1.82, 2.24) is 9.71 Å². The Bertz CT molecular complexity index is 760. The predicted molar refractivity (Wildman–Crippen MR) is 76.7 cm³/mol. The van der Waals surface area contributed by atoms with Gasteiger partial charge in [-0.25, -0.2) is 17.9 Å². The molecule has 0 aliphatic carbocycles. The molecule has 0 amide bonds. The Morgan fingerprint density at radius 3 is 2.52 bits per heavy atom. The number of nitrogens with zero attached hydrogens (tertiary/aromatic N) is 1. The summed E-state index contributed by atoms with van der Waals surface area (Å²) < 4.78 is 26.4. The Morgan fingerprint density at radius 1 is 1.24 bits per heavy atom. The van der Waals surface area contributed by atoms with Crippen LogP contribution in [-0.4, -0.2) is 24.5 Å². The summed E-state index contributed by atoms with van der Waals surface area (Å²) in [4.78, 5) is 14.8. The van der Waals surface area contributed by atoms with Gasteiger partial charge in [0.25, 0.3) is 0 Å². The topological polar surface area (TPSA) is 96.4 Å². The molecule has 0 atom stereocenters. The molecule has 0 aliphatic rings. The smallest absolute Gasteiger partial charge is 0.335 e. The van der Waals surface area contributed by atoms with Crippen molar-refractivity contribution in [3.05, 3.63) is 58.9 Å². The largest absolute Gasteiger partial charge is 0.478 e. The first kappa shape index (κ1) is 15.4. The lowest BCUT2D eigenvalue weighted by molar-refractivity contribution is 0.0696. The molecule has 0 saturated carbocycles. The van der Waals surface area contributed by atoms with Gasteiger partial charge in [0.05, 0.1) is 22.7 Å². The van der Waals surface area contributed by atoms with Gasteiger partial charge >= 0.3 is 5.97 Å². The number of hydrogen-bond acceptors (Lipinski definition) is 4. The Labute approximate surface area is 126 Å². The summed E-state index contributed by atoms with van der Waals surface area (Å²) in [5.74, 6) is -1.10. The fourth-order valence-corrected chi connectivity index (χ4v) is 2.70. The lowest BCUT2D eigenvalue weighted by atomic mass is 10.2. The van der Waals surface area contributed by atoms with Crippen LogP contribution in [0.3, 0.4) is 0 Å². The molecule has 1 aromatic carbocycles. The highest BCUT2D eigenvalue weighted by Gasteiger charge is 2.14. The summed E-state index contributed by atoms with van der Waals surface area (Å²) in [5.41, 5.74) is 0.359. The van der Waals surface area contributed by atoms with E-state index in [9.17, 15) is 13.2 Å². The van der Waals surface area contributed by atoms with Gasteiger partial charge in [-0.15, -0.1) is 0 Å². The Kier molecular flexibility index (Phi) is 4.56. The van der Waals surface area contributed by atoms with Gasteiger partial charge in [-0.05, 0) is 36.4 Å². The molecule has 2 N–H and O–H groups in total.